The van der Waals surface area contributed by atoms with Crippen molar-refractivity contribution >= 4 is 7.62 Å². The third-order valence-corrected chi connectivity index (χ3v) is 0.627. The topological polar surface area (TPSA) is 52.8 Å². The van der Waals surface area contributed by atoms with Gasteiger partial charge < -0.3 is 15.4 Å². The highest BCUT2D eigenvalue weighted by molar-refractivity contribution is 6.24. The highest BCUT2D eigenvalue weighted by Gasteiger charge is 1.96. The lowest BCUT2D eigenvalue weighted by molar-refractivity contribution is 0.385. The van der Waals surface area contributed by atoms with Gasteiger partial charge in [-0.15, -0.1) is 0 Å². The molecule has 3 nitrogen and oxygen atoms in total. The fourth-order valence-electron chi connectivity index (χ4n) is 0.361. The summed E-state index contributed by atoms with van der Waals surface area (Å²) in [7, 11) is 0.750. The van der Waals surface area contributed by atoms with Crippen molar-refractivity contribution in [2.45, 2.75) is 0 Å². The Bertz CT molecular complexity index is 23.1. The second-order valence-electron chi connectivity index (χ2n) is 1.05. The Morgan fingerprint density at radius 2 is 2.50 bits per heavy atom. The summed E-state index contributed by atoms with van der Waals surface area (Å²) < 4.78 is 4.83. The molecule has 0 aliphatic carbocycles. The van der Waals surface area contributed by atoms with E-state index in [0.29, 0.717) is 0 Å². The van der Waals surface area contributed by atoms with Crippen LogP contribution in [0.25, 0.3) is 0 Å². The summed E-state index contributed by atoms with van der Waals surface area (Å²) in [6.45, 7) is 1.92. The van der Waals surface area contributed by atoms with Crippen LogP contribution in [0.4, 0.5) is 0 Å². The van der Waals surface area contributed by atoms with Crippen LogP contribution in [0.15, 0.2) is 0 Å². The minimum Gasteiger partial charge on any atom is -0.423 e. The minimum absolute atomic E-state index is 0. The van der Waals surface area contributed by atoms with Crippen LogP contribution in [0, 0.1) is 0 Å². The molecule has 0 aromatic rings. The molecule has 0 radical (unpaired) electrons. The van der Waals surface area contributed by atoms with E-state index < -0.39 is 0 Å². The van der Waals surface area contributed by atoms with Gasteiger partial charge in [0.25, 0.3) is 0 Å². The molecule has 36 valence electrons. The summed E-state index contributed by atoms with van der Waals surface area (Å²) in [5.74, 6) is 0. The van der Waals surface area contributed by atoms with Gasteiger partial charge in [0.05, 0.1) is 0 Å². The largest absolute Gasteiger partial charge is 0.423 e. The molecule has 1 fully saturated rings. The normalized spacial score (nSPS) is 18.7. The van der Waals surface area contributed by atoms with Gasteiger partial charge in [-0.2, -0.15) is 0 Å². The van der Waals surface area contributed by atoms with Gasteiger partial charge in [-0.3, -0.25) is 0 Å². The van der Waals surface area contributed by atoms with E-state index in [1.165, 1.54) is 0 Å². The zero-order valence-corrected chi connectivity index (χ0v) is 3.53. The molecule has 0 aromatic carbocycles. The van der Waals surface area contributed by atoms with Gasteiger partial charge in [-0.1, -0.05) is 0 Å². The van der Waals surface area contributed by atoms with E-state index in [9.17, 15) is 0 Å². The summed E-state index contributed by atoms with van der Waals surface area (Å²) in [6, 6.07) is 0. The standard InChI is InChI=1S/C2H6BNO.H2O/c1-2-5-3-4-1;/h3-4H,1-2H2;1H2. The smallest absolute Gasteiger partial charge is 0.360 e. The maximum atomic E-state index is 4.83. The molecule has 0 unspecified atom stereocenters. The number of hydrogen-bond acceptors (Lipinski definition) is 2. The number of rotatable bonds is 0. The first kappa shape index (κ1) is 5.94. The fourth-order valence-corrected chi connectivity index (χ4v) is 0.361. The maximum Gasteiger partial charge on any atom is 0.360 e. The summed E-state index contributed by atoms with van der Waals surface area (Å²) in [5.41, 5.74) is 0. The molecule has 1 saturated heterocycles. The quantitative estimate of drug-likeness (QED) is 0.350. The maximum absolute atomic E-state index is 4.83. The lowest BCUT2D eigenvalue weighted by atomic mass is 10.3. The molecular weight excluding hydrogens is 80.8 g/mol. The molecule has 3 N–H and O–H groups in total. The molecule has 0 spiro atoms. The van der Waals surface area contributed by atoms with Gasteiger partial charge in [-0.25, -0.2) is 0 Å². The summed E-state index contributed by atoms with van der Waals surface area (Å²) in [6.07, 6.45) is 0. The van der Waals surface area contributed by atoms with E-state index in [-0.39, 0.29) is 5.48 Å². The van der Waals surface area contributed by atoms with Crippen molar-refractivity contribution in [2.24, 2.45) is 0 Å². The van der Waals surface area contributed by atoms with Crippen LogP contribution >= 0.6 is 0 Å². The Morgan fingerprint density at radius 3 is 2.67 bits per heavy atom. The monoisotopic (exact) mass is 89.1 g/mol. The highest BCUT2D eigenvalue weighted by atomic mass is 16.4. The SMILES string of the molecule is B1NCCO1.O. The average molecular weight is 88.9 g/mol. The van der Waals surface area contributed by atoms with Crippen LogP contribution in [-0.2, 0) is 4.65 Å². The first-order chi connectivity index (χ1) is 2.50. The Morgan fingerprint density at radius 1 is 1.67 bits per heavy atom. The molecular formula is C2H8BNO2. The third kappa shape index (κ3) is 1.40. The van der Waals surface area contributed by atoms with Crippen LogP contribution in [0.2, 0.25) is 0 Å². The van der Waals surface area contributed by atoms with E-state index in [4.69, 9.17) is 4.65 Å². The summed E-state index contributed by atoms with van der Waals surface area (Å²) in [5, 5.41) is 3.00. The fraction of sp³-hybridized carbons (Fsp3) is 1.00. The number of hydrogen-bond donors (Lipinski definition) is 1. The van der Waals surface area contributed by atoms with Gasteiger partial charge in [0, 0.05) is 13.2 Å². The minimum atomic E-state index is 0. The third-order valence-electron chi connectivity index (χ3n) is 0.627. The van der Waals surface area contributed by atoms with Crippen molar-refractivity contribution in [2.75, 3.05) is 13.2 Å². The summed E-state index contributed by atoms with van der Waals surface area (Å²) in [4.78, 5) is 0. The van der Waals surface area contributed by atoms with Gasteiger partial charge in [-0.05, 0) is 0 Å². The second kappa shape index (κ2) is 3.15. The first-order valence-electron chi connectivity index (χ1n) is 1.78. The molecule has 1 aliphatic rings. The molecule has 1 rings (SSSR count). The molecule has 0 aromatic heterocycles. The predicted octanol–water partition coefficient (Wildman–Crippen LogP) is -1.95. The Balaban J connectivity index is 0.000000250. The van der Waals surface area contributed by atoms with Crippen molar-refractivity contribution in [1.29, 1.82) is 0 Å². The Kier molecular flexibility index (Phi) is 3.12. The Labute approximate surface area is 37.3 Å². The lowest BCUT2D eigenvalue weighted by Crippen LogP contribution is -2.09. The molecule has 0 bridgehead atoms. The van der Waals surface area contributed by atoms with Crippen molar-refractivity contribution in [3.63, 3.8) is 0 Å². The molecule has 0 saturated carbocycles. The molecule has 1 heterocycles. The van der Waals surface area contributed by atoms with Gasteiger partial charge in [0.1, 0.15) is 0 Å². The van der Waals surface area contributed by atoms with E-state index in [1.54, 1.807) is 0 Å². The highest BCUT2D eigenvalue weighted by Crippen LogP contribution is 1.72. The molecule has 6 heavy (non-hydrogen) atoms. The average Bonchev–Trinajstić information content (AvgIpc) is 1.76. The molecule has 0 amide bonds. The van der Waals surface area contributed by atoms with E-state index >= 15 is 0 Å². The molecule has 0 atom stereocenters. The van der Waals surface area contributed by atoms with Crippen LogP contribution < -0.4 is 5.23 Å². The molecule has 4 heteroatoms. The Hall–Kier alpha value is -0.0551. The van der Waals surface area contributed by atoms with Crippen molar-refractivity contribution < 1.29 is 10.1 Å². The van der Waals surface area contributed by atoms with Crippen LogP contribution in [0.5, 0.6) is 0 Å². The van der Waals surface area contributed by atoms with Gasteiger partial charge in [0.2, 0.25) is 0 Å². The van der Waals surface area contributed by atoms with Crippen molar-refractivity contribution in [1.82, 2.24) is 5.23 Å². The van der Waals surface area contributed by atoms with Crippen molar-refractivity contribution in [3.05, 3.63) is 0 Å². The van der Waals surface area contributed by atoms with Gasteiger partial charge >= 0.3 is 7.62 Å². The van der Waals surface area contributed by atoms with E-state index in [0.717, 1.165) is 20.8 Å². The van der Waals surface area contributed by atoms with Crippen LogP contribution in [-0.4, -0.2) is 26.2 Å². The van der Waals surface area contributed by atoms with Gasteiger partial charge in [0.15, 0.2) is 0 Å². The zero-order valence-electron chi connectivity index (χ0n) is 3.53. The van der Waals surface area contributed by atoms with Crippen molar-refractivity contribution in [3.8, 4) is 0 Å². The lowest BCUT2D eigenvalue weighted by Gasteiger charge is -1.73. The van der Waals surface area contributed by atoms with E-state index in [1.807, 2.05) is 0 Å². The zero-order chi connectivity index (χ0) is 3.54. The first-order valence-corrected chi connectivity index (χ1v) is 1.78. The molecule has 1 aliphatic heterocycles. The second-order valence-corrected chi connectivity index (χ2v) is 1.05. The predicted molar refractivity (Wildman–Crippen MR) is 24.7 cm³/mol. The van der Waals surface area contributed by atoms with Crippen LogP contribution in [0.1, 0.15) is 0 Å². The summed E-state index contributed by atoms with van der Waals surface area (Å²) >= 11 is 0. The van der Waals surface area contributed by atoms with Crippen LogP contribution in [0.3, 0.4) is 0 Å². The van der Waals surface area contributed by atoms with E-state index in [2.05, 4.69) is 5.23 Å². The number of nitrogens with one attached hydrogen (secondary N) is 1.